The Morgan fingerprint density at radius 2 is 2.05 bits per heavy atom. The van der Waals surface area contributed by atoms with Crippen LogP contribution in [0.2, 0.25) is 0 Å². The van der Waals surface area contributed by atoms with E-state index < -0.39 is 28.9 Å². The zero-order chi connectivity index (χ0) is 15.9. The number of hydrogen-bond acceptors (Lipinski definition) is 6. The van der Waals surface area contributed by atoms with Gasteiger partial charge in [-0.05, 0) is 19.1 Å². The van der Waals surface area contributed by atoms with Crippen LogP contribution < -0.4 is 14.2 Å². The highest BCUT2D eigenvalue weighted by Gasteiger charge is 2.15. The average Bonchev–Trinajstić information content (AvgIpc) is 2.35. The van der Waals surface area contributed by atoms with Gasteiger partial charge >= 0.3 is 22.3 Å². The molecule has 116 valence electrons. The Labute approximate surface area is 121 Å². The summed E-state index contributed by atoms with van der Waals surface area (Å²) in [6.07, 6.45) is -1.11. The second kappa shape index (κ2) is 7.33. The molecular weight excluding hydrogens is 304 g/mol. The van der Waals surface area contributed by atoms with Crippen molar-refractivity contribution in [2.45, 2.75) is 6.92 Å². The van der Waals surface area contributed by atoms with Crippen molar-refractivity contribution in [3.8, 4) is 5.75 Å². The average molecular weight is 318 g/mol. The summed E-state index contributed by atoms with van der Waals surface area (Å²) >= 11 is 0. The van der Waals surface area contributed by atoms with Crippen molar-refractivity contribution >= 4 is 28.0 Å². The molecule has 0 aliphatic rings. The van der Waals surface area contributed by atoms with E-state index in [1.54, 1.807) is 4.72 Å². The third-order valence-electron chi connectivity index (χ3n) is 1.94. The van der Waals surface area contributed by atoms with E-state index in [0.717, 1.165) is 0 Å². The second-order valence-electron chi connectivity index (χ2n) is 3.64. The molecule has 1 aromatic carbocycles. The lowest BCUT2D eigenvalue weighted by Gasteiger charge is -2.10. The van der Waals surface area contributed by atoms with Crippen LogP contribution in [0.15, 0.2) is 24.3 Å². The van der Waals surface area contributed by atoms with Crippen LogP contribution in [0.3, 0.4) is 0 Å². The van der Waals surface area contributed by atoms with Gasteiger partial charge in [0, 0.05) is 6.07 Å². The monoisotopic (exact) mass is 318 g/mol. The van der Waals surface area contributed by atoms with Crippen LogP contribution in [-0.4, -0.2) is 38.8 Å². The molecule has 9 nitrogen and oxygen atoms in total. The van der Waals surface area contributed by atoms with Crippen molar-refractivity contribution in [3.05, 3.63) is 24.3 Å². The van der Waals surface area contributed by atoms with E-state index >= 15 is 0 Å². The minimum Gasteiger partial charge on any atom is -0.482 e. The van der Waals surface area contributed by atoms with E-state index in [4.69, 9.17) is 9.84 Å². The van der Waals surface area contributed by atoms with Crippen molar-refractivity contribution < 1.29 is 32.6 Å². The normalized spacial score (nSPS) is 10.5. The number of benzene rings is 1. The van der Waals surface area contributed by atoms with Crippen molar-refractivity contribution in [1.29, 1.82) is 0 Å². The van der Waals surface area contributed by atoms with Crippen LogP contribution in [0.25, 0.3) is 0 Å². The lowest BCUT2D eigenvalue weighted by Crippen LogP contribution is -2.35. The van der Waals surface area contributed by atoms with E-state index in [1.807, 2.05) is 0 Å². The number of hydrogen-bond donors (Lipinski definition) is 3. The maximum absolute atomic E-state index is 11.6. The minimum atomic E-state index is -4.15. The van der Waals surface area contributed by atoms with Gasteiger partial charge in [-0.3, -0.25) is 4.72 Å². The molecule has 1 aromatic rings. The molecule has 3 N–H and O–H groups in total. The molecule has 0 radical (unpaired) electrons. The summed E-state index contributed by atoms with van der Waals surface area (Å²) in [6, 6.07) is 5.59. The fourth-order valence-corrected chi connectivity index (χ4v) is 2.01. The van der Waals surface area contributed by atoms with Crippen LogP contribution in [0.1, 0.15) is 6.92 Å². The number of anilines is 1. The summed E-state index contributed by atoms with van der Waals surface area (Å²) in [5.74, 6) is -1.00. The van der Waals surface area contributed by atoms with E-state index in [9.17, 15) is 18.0 Å². The maximum Gasteiger partial charge on any atom is 0.422 e. The summed E-state index contributed by atoms with van der Waals surface area (Å²) in [7, 11) is -4.15. The number of carbonyl (C=O) groups excluding carboxylic acids is 1. The van der Waals surface area contributed by atoms with Gasteiger partial charge in [-0.2, -0.15) is 8.42 Å². The highest BCUT2D eigenvalue weighted by Crippen LogP contribution is 2.18. The molecule has 0 heterocycles. The largest absolute Gasteiger partial charge is 0.482 e. The number of nitrogens with one attached hydrogen (secondary N) is 2. The predicted octanol–water partition coefficient (Wildman–Crippen LogP) is 0.553. The zero-order valence-electron chi connectivity index (χ0n) is 11.0. The number of ether oxygens (including phenoxy) is 2. The van der Waals surface area contributed by atoms with Crippen molar-refractivity contribution in [1.82, 2.24) is 4.72 Å². The highest BCUT2D eigenvalue weighted by molar-refractivity contribution is 7.91. The topological polar surface area (TPSA) is 131 Å². The van der Waals surface area contributed by atoms with Gasteiger partial charge in [0.1, 0.15) is 5.75 Å². The van der Waals surface area contributed by atoms with Crippen LogP contribution in [0.4, 0.5) is 10.5 Å². The lowest BCUT2D eigenvalue weighted by molar-refractivity contribution is -0.139. The van der Waals surface area contributed by atoms with Crippen LogP contribution in [0, 0.1) is 0 Å². The first-order valence-corrected chi connectivity index (χ1v) is 7.22. The number of carboxylic acid groups (broad SMARTS) is 1. The Kier molecular flexibility index (Phi) is 5.79. The SMILES string of the molecule is CCOC(=O)NS(=O)(=O)Nc1cccc(OCC(=O)O)c1. The molecule has 0 atom stereocenters. The number of aliphatic carboxylic acids is 1. The molecule has 0 aliphatic carbocycles. The first-order valence-electron chi connectivity index (χ1n) is 5.74. The van der Waals surface area contributed by atoms with E-state index in [-0.39, 0.29) is 18.0 Å². The molecule has 0 bridgehead atoms. The van der Waals surface area contributed by atoms with Gasteiger partial charge in [0.2, 0.25) is 0 Å². The second-order valence-corrected chi connectivity index (χ2v) is 5.05. The Morgan fingerprint density at radius 3 is 2.67 bits per heavy atom. The Bertz CT molecular complexity index is 615. The van der Waals surface area contributed by atoms with Crippen LogP contribution in [0.5, 0.6) is 5.75 Å². The summed E-state index contributed by atoms with van der Waals surface area (Å²) < 4.78 is 36.3. The zero-order valence-corrected chi connectivity index (χ0v) is 11.8. The number of carbonyl (C=O) groups is 2. The van der Waals surface area contributed by atoms with Gasteiger partial charge in [-0.25, -0.2) is 14.3 Å². The number of carboxylic acids is 1. The van der Waals surface area contributed by atoms with Gasteiger partial charge in [0.25, 0.3) is 0 Å². The summed E-state index contributed by atoms with van der Waals surface area (Å²) in [5, 5.41) is 8.48. The van der Waals surface area contributed by atoms with Gasteiger partial charge < -0.3 is 14.6 Å². The molecule has 0 spiro atoms. The van der Waals surface area contributed by atoms with Gasteiger partial charge in [0.05, 0.1) is 12.3 Å². The van der Waals surface area contributed by atoms with Crippen molar-refractivity contribution in [2.75, 3.05) is 17.9 Å². The van der Waals surface area contributed by atoms with Crippen molar-refractivity contribution in [3.63, 3.8) is 0 Å². The third-order valence-corrected chi connectivity index (χ3v) is 2.88. The number of amides is 1. The quantitative estimate of drug-likeness (QED) is 0.669. The fraction of sp³-hybridized carbons (Fsp3) is 0.273. The fourth-order valence-electron chi connectivity index (χ4n) is 1.25. The Hall–Kier alpha value is -2.49. The van der Waals surface area contributed by atoms with Crippen LogP contribution in [-0.2, 0) is 19.7 Å². The van der Waals surface area contributed by atoms with Gasteiger partial charge in [-0.15, -0.1) is 0 Å². The smallest absolute Gasteiger partial charge is 0.422 e. The molecule has 0 fully saturated rings. The molecule has 0 aliphatic heterocycles. The predicted molar refractivity (Wildman–Crippen MR) is 72.3 cm³/mol. The van der Waals surface area contributed by atoms with E-state index in [2.05, 4.69) is 9.46 Å². The lowest BCUT2D eigenvalue weighted by atomic mass is 10.3. The standard InChI is InChI=1S/C11H14N2O7S/c1-2-19-11(16)13-21(17,18)12-8-4-3-5-9(6-8)20-7-10(14)15/h3-6,12H,2,7H2,1H3,(H,13,16)(H,14,15). The summed E-state index contributed by atoms with van der Waals surface area (Å²) in [5.41, 5.74) is 0.0923. The number of rotatable bonds is 7. The summed E-state index contributed by atoms with van der Waals surface area (Å²) in [6.45, 7) is 1.00. The maximum atomic E-state index is 11.6. The molecule has 0 saturated heterocycles. The molecule has 1 rings (SSSR count). The Morgan fingerprint density at radius 1 is 1.33 bits per heavy atom. The van der Waals surface area contributed by atoms with E-state index in [0.29, 0.717) is 0 Å². The van der Waals surface area contributed by atoms with Gasteiger partial charge in [-0.1, -0.05) is 6.07 Å². The molecule has 1 amide bonds. The summed E-state index contributed by atoms with van der Waals surface area (Å²) in [4.78, 5) is 21.4. The van der Waals surface area contributed by atoms with Gasteiger partial charge in [0.15, 0.2) is 6.61 Å². The molecule has 10 heteroatoms. The molecule has 0 aromatic heterocycles. The minimum absolute atomic E-state index is 0.0276. The molecule has 0 saturated carbocycles. The third kappa shape index (κ3) is 6.47. The molecule has 0 unspecified atom stereocenters. The van der Waals surface area contributed by atoms with E-state index in [1.165, 1.54) is 31.2 Å². The Balaban J connectivity index is 2.71. The van der Waals surface area contributed by atoms with Crippen LogP contribution >= 0.6 is 0 Å². The first-order chi connectivity index (χ1) is 9.82. The molecular formula is C11H14N2O7S. The molecule has 21 heavy (non-hydrogen) atoms. The highest BCUT2D eigenvalue weighted by atomic mass is 32.2. The van der Waals surface area contributed by atoms with Crippen molar-refractivity contribution in [2.24, 2.45) is 0 Å². The first kappa shape index (κ1) is 16.6.